The van der Waals surface area contributed by atoms with Crippen LogP contribution < -0.4 is 0 Å². The van der Waals surface area contributed by atoms with E-state index in [4.69, 9.17) is 9.47 Å². The molecule has 1 aliphatic heterocycles. The molecule has 3 rings (SSSR count). The molecule has 1 heterocycles. The highest BCUT2D eigenvalue weighted by atomic mass is 32.2. The first kappa shape index (κ1) is 20.2. The molecule has 7 nitrogen and oxygen atoms in total. The maximum atomic E-state index is 12.8. The lowest BCUT2D eigenvalue weighted by Crippen LogP contribution is -2.40. The van der Waals surface area contributed by atoms with Crippen molar-refractivity contribution in [3.63, 3.8) is 0 Å². The molecule has 2 aromatic rings. The van der Waals surface area contributed by atoms with Gasteiger partial charge in [-0.15, -0.1) is 0 Å². The maximum absolute atomic E-state index is 12.8. The summed E-state index contributed by atoms with van der Waals surface area (Å²) in [6, 6.07) is 12.8. The average molecular weight is 403 g/mol. The minimum Gasteiger partial charge on any atom is -0.454 e. The van der Waals surface area contributed by atoms with Crippen LogP contribution in [0.2, 0.25) is 0 Å². The fourth-order valence-corrected chi connectivity index (χ4v) is 4.27. The topological polar surface area (TPSA) is 90.0 Å². The van der Waals surface area contributed by atoms with Crippen LogP contribution >= 0.6 is 0 Å². The highest BCUT2D eigenvalue weighted by molar-refractivity contribution is 7.89. The van der Waals surface area contributed by atoms with Gasteiger partial charge in [0.2, 0.25) is 10.0 Å². The van der Waals surface area contributed by atoms with Gasteiger partial charge in [-0.1, -0.05) is 36.4 Å². The van der Waals surface area contributed by atoms with Gasteiger partial charge in [0.15, 0.2) is 12.4 Å². The summed E-state index contributed by atoms with van der Waals surface area (Å²) in [5, 5.41) is 0. The van der Waals surface area contributed by atoms with Gasteiger partial charge in [-0.25, -0.2) is 13.2 Å². The van der Waals surface area contributed by atoms with E-state index >= 15 is 0 Å². The predicted molar refractivity (Wildman–Crippen MR) is 102 cm³/mol. The zero-order valence-electron chi connectivity index (χ0n) is 15.5. The van der Waals surface area contributed by atoms with E-state index in [2.05, 4.69) is 0 Å². The molecule has 28 heavy (non-hydrogen) atoms. The zero-order valence-corrected chi connectivity index (χ0v) is 16.3. The van der Waals surface area contributed by atoms with Crippen LogP contribution in [0.4, 0.5) is 0 Å². The van der Waals surface area contributed by atoms with Crippen molar-refractivity contribution in [2.24, 2.45) is 0 Å². The third kappa shape index (κ3) is 4.46. The molecule has 0 atom stereocenters. The van der Waals surface area contributed by atoms with Gasteiger partial charge in [-0.3, -0.25) is 4.79 Å². The summed E-state index contributed by atoms with van der Waals surface area (Å²) in [6.07, 6.45) is 0. The number of hydrogen-bond donors (Lipinski definition) is 0. The minimum absolute atomic E-state index is 0.0151. The smallest absolute Gasteiger partial charge is 0.338 e. The van der Waals surface area contributed by atoms with E-state index in [0.29, 0.717) is 24.3 Å². The van der Waals surface area contributed by atoms with Crippen molar-refractivity contribution in [2.45, 2.75) is 11.8 Å². The van der Waals surface area contributed by atoms with Crippen molar-refractivity contribution in [2.75, 3.05) is 32.9 Å². The summed E-state index contributed by atoms with van der Waals surface area (Å²) in [4.78, 5) is 24.6. The lowest BCUT2D eigenvalue weighted by atomic mass is 10.1. The Kier molecular flexibility index (Phi) is 6.23. The summed E-state index contributed by atoms with van der Waals surface area (Å²) < 4.78 is 37.2. The first-order valence-electron chi connectivity index (χ1n) is 8.83. The van der Waals surface area contributed by atoms with Gasteiger partial charge in [-0.2, -0.15) is 4.31 Å². The Morgan fingerprint density at radius 1 is 1.07 bits per heavy atom. The van der Waals surface area contributed by atoms with Crippen molar-refractivity contribution in [1.29, 1.82) is 0 Å². The second-order valence-electron chi connectivity index (χ2n) is 6.36. The van der Waals surface area contributed by atoms with Crippen LogP contribution in [-0.4, -0.2) is 57.4 Å². The molecule has 1 fully saturated rings. The van der Waals surface area contributed by atoms with Crippen LogP contribution in [0.15, 0.2) is 53.4 Å². The molecule has 1 aliphatic rings. The largest absolute Gasteiger partial charge is 0.454 e. The molecule has 1 saturated heterocycles. The Balaban J connectivity index is 1.75. The van der Waals surface area contributed by atoms with Crippen molar-refractivity contribution in [1.82, 2.24) is 4.31 Å². The molecule has 8 heteroatoms. The summed E-state index contributed by atoms with van der Waals surface area (Å²) in [5.74, 6) is -1.07. The molecule has 0 spiro atoms. The first-order chi connectivity index (χ1) is 13.4. The highest BCUT2D eigenvalue weighted by Crippen LogP contribution is 2.21. The number of ketones is 1. The standard InChI is InChI=1S/C20H21NO6S/c1-15-7-8-17(28(24,25)21-9-11-26-12-10-21)13-18(15)20(23)27-14-19(22)16-5-3-2-4-6-16/h2-8,13H,9-12,14H2,1H3. The second-order valence-corrected chi connectivity index (χ2v) is 8.30. The van der Waals surface area contributed by atoms with Crippen LogP contribution in [0.25, 0.3) is 0 Å². The van der Waals surface area contributed by atoms with Gasteiger partial charge in [0.05, 0.1) is 23.7 Å². The number of rotatable bonds is 6. The van der Waals surface area contributed by atoms with Gasteiger partial charge in [0, 0.05) is 18.7 Å². The molecule has 2 aromatic carbocycles. The molecule has 0 aromatic heterocycles. The van der Waals surface area contributed by atoms with E-state index in [1.54, 1.807) is 43.3 Å². The van der Waals surface area contributed by atoms with Crippen molar-refractivity contribution in [3.8, 4) is 0 Å². The van der Waals surface area contributed by atoms with Gasteiger partial charge in [-0.05, 0) is 24.6 Å². The number of aryl methyl sites for hydroxylation is 1. The van der Waals surface area contributed by atoms with Gasteiger partial charge < -0.3 is 9.47 Å². The van der Waals surface area contributed by atoms with E-state index < -0.39 is 22.6 Å². The van der Waals surface area contributed by atoms with Crippen molar-refractivity contribution in [3.05, 3.63) is 65.2 Å². The second kappa shape index (κ2) is 8.64. The molecule has 0 aliphatic carbocycles. The molecule has 0 bridgehead atoms. The van der Waals surface area contributed by atoms with Crippen LogP contribution in [0, 0.1) is 6.92 Å². The number of carbonyl (C=O) groups excluding carboxylic acids is 2. The van der Waals surface area contributed by atoms with E-state index in [9.17, 15) is 18.0 Å². The van der Waals surface area contributed by atoms with E-state index in [1.165, 1.54) is 16.4 Å². The minimum atomic E-state index is -3.73. The summed E-state index contributed by atoms with van der Waals surface area (Å²) in [7, 11) is -3.73. The van der Waals surface area contributed by atoms with Crippen molar-refractivity contribution < 1.29 is 27.5 Å². The number of esters is 1. The Labute approximate surface area is 163 Å². The monoisotopic (exact) mass is 403 g/mol. The fraction of sp³-hybridized carbons (Fsp3) is 0.300. The number of sulfonamides is 1. The maximum Gasteiger partial charge on any atom is 0.338 e. The van der Waals surface area contributed by atoms with E-state index in [-0.39, 0.29) is 29.3 Å². The fourth-order valence-electron chi connectivity index (χ4n) is 2.83. The number of carbonyl (C=O) groups is 2. The van der Waals surface area contributed by atoms with Gasteiger partial charge in [0.25, 0.3) is 0 Å². The van der Waals surface area contributed by atoms with Gasteiger partial charge >= 0.3 is 5.97 Å². The molecule has 0 amide bonds. The Bertz CT molecular complexity index is 965. The quantitative estimate of drug-likeness (QED) is 0.542. The normalized spacial score (nSPS) is 15.2. The predicted octanol–water partition coefficient (Wildman–Crippen LogP) is 2.06. The number of ether oxygens (including phenoxy) is 2. The molecule has 0 N–H and O–H groups in total. The van der Waals surface area contributed by atoms with Crippen LogP contribution in [0.1, 0.15) is 26.3 Å². The number of hydrogen-bond acceptors (Lipinski definition) is 6. The third-order valence-corrected chi connectivity index (χ3v) is 6.36. The molecule has 0 radical (unpaired) electrons. The molecular weight excluding hydrogens is 382 g/mol. The number of morpholine rings is 1. The molecule has 148 valence electrons. The first-order valence-corrected chi connectivity index (χ1v) is 10.3. The Morgan fingerprint density at radius 2 is 1.75 bits per heavy atom. The summed E-state index contributed by atoms with van der Waals surface area (Å²) in [6.45, 7) is 2.47. The van der Waals surface area contributed by atoms with Crippen LogP contribution in [0.5, 0.6) is 0 Å². The number of benzene rings is 2. The summed E-state index contributed by atoms with van der Waals surface area (Å²) >= 11 is 0. The number of Topliss-reactive ketones (excluding diaryl/α,β-unsaturated/α-hetero) is 1. The Hall–Kier alpha value is -2.55. The number of nitrogens with zero attached hydrogens (tertiary/aromatic N) is 1. The molecular formula is C20H21NO6S. The van der Waals surface area contributed by atoms with Crippen molar-refractivity contribution >= 4 is 21.8 Å². The van der Waals surface area contributed by atoms with Gasteiger partial charge in [0.1, 0.15) is 0 Å². The zero-order chi connectivity index (χ0) is 20.1. The molecule has 0 saturated carbocycles. The van der Waals surface area contributed by atoms with E-state index in [1.807, 2.05) is 0 Å². The lowest BCUT2D eigenvalue weighted by Gasteiger charge is -2.26. The SMILES string of the molecule is Cc1ccc(S(=O)(=O)N2CCOCC2)cc1C(=O)OCC(=O)c1ccccc1. The van der Waals surface area contributed by atoms with Crippen LogP contribution in [-0.2, 0) is 19.5 Å². The average Bonchev–Trinajstić information content (AvgIpc) is 2.73. The highest BCUT2D eigenvalue weighted by Gasteiger charge is 2.27. The Morgan fingerprint density at radius 3 is 2.43 bits per heavy atom. The third-order valence-electron chi connectivity index (χ3n) is 4.47. The van der Waals surface area contributed by atoms with Crippen LogP contribution in [0.3, 0.4) is 0 Å². The van der Waals surface area contributed by atoms with E-state index in [0.717, 1.165) is 0 Å². The summed E-state index contributed by atoms with van der Waals surface area (Å²) in [5.41, 5.74) is 1.13. The molecule has 0 unspecified atom stereocenters. The lowest BCUT2D eigenvalue weighted by molar-refractivity contribution is 0.0473.